The fourth-order valence-electron chi connectivity index (χ4n) is 2.14. The first kappa shape index (κ1) is 15.8. The highest BCUT2D eigenvalue weighted by Crippen LogP contribution is 2.28. The summed E-state index contributed by atoms with van der Waals surface area (Å²) >= 11 is 0. The molecule has 0 bridgehead atoms. The van der Waals surface area contributed by atoms with Gasteiger partial charge in [-0.05, 0) is 43.7 Å². The van der Waals surface area contributed by atoms with Crippen molar-refractivity contribution in [1.29, 1.82) is 0 Å². The van der Waals surface area contributed by atoms with E-state index in [2.05, 4.69) is 17.2 Å². The van der Waals surface area contributed by atoms with Crippen LogP contribution in [0, 0.1) is 5.92 Å². The first-order valence-corrected chi connectivity index (χ1v) is 7.81. The zero-order valence-electron chi connectivity index (χ0n) is 12.7. The van der Waals surface area contributed by atoms with E-state index in [1.54, 1.807) is 6.07 Å². The molecule has 1 fully saturated rings. The SMILES string of the molecule is CCCc1cc(C(=O)NCCCOCC2CC2)cc(N)n1. The van der Waals surface area contributed by atoms with E-state index in [-0.39, 0.29) is 5.91 Å². The van der Waals surface area contributed by atoms with Crippen LogP contribution in [0.1, 0.15) is 48.7 Å². The Kier molecular flexibility index (Phi) is 5.99. The minimum atomic E-state index is -0.0938. The number of nitrogen functional groups attached to an aromatic ring is 1. The van der Waals surface area contributed by atoms with Crippen LogP contribution in [0.3, 0.4) is 0 Å². The van der Waals surface area contributed by atoms with Crippen LogP contribution in [0.2, 0.25) is 0 Å². The summed E-state index contributed by atoms with van der Waals surface area (Å²) in [7, 11) is 0. The van der Waals surface area contributed by atoms with Gasteiger partial charge in [0.2, 0.25) is 0 Å². The number of pyridine rings is 1. The molecule has 1 amide bonds. The lowest BCUT2D eigenvalue weighted by Gasteiger charge is -2.08. The van der Waals surface area contributed by atoms with E-state index >= 15 is 0 Å². The number of aromatic nitrogens is 1. The van der Waals surface area contributed by atoms with Gasteiger partial charge in [-0.3, -0.25) is 4.79 Å². The minimum absolute atomic E-state index is 0.0938. The van der Waals surface area contributed by atoms with Crippen molar-refractivity contribution in [2.24, 2.45) is 5.92 Å². The summed E-state index contributed by atoms with van der Waals surface area (Å²) in [6.45, 7) is 4.27. The van der Waals surface area contributed by atoms with E-state index in [4.69, 9.17) is 10.5 Å². The quantitative estimate of drug-likeness (QED) is 0.684. The molecule has 5 nitrogen and oxygen atoms in total. The van der Waals surface area contributed by atoms with Gasteiger partial charge < -0.3 is 15.8 Å². The van der Waals surface area contributed by atoms with E-state index in [9.17, 15) is 4.79 Å². The molecule has 3 N–H and O–H groups in total. The predicted molar refractivity (Wildman–Crippen MR) is 83.1 cm³/mol. The number of nitrogens with two attached hydrogens (primary N) is 1. The molecule has 0 unspecified atom stereocenters. The molecular formula is C16H25N3O2. The topological polar surface area (TPSA) is 77.2 Å². The second-order valence-electron chi connectivity index (χ2n) is 5.65. The molecule has 21 heavy (non-hydrogen) atoms. The highest BCUT2D eigenvalue weighted by atomic mass is 16.5. The molecule has 0 aromatic carbocycles. The lowest BCUT2D eigenvalue weighted by molar-refractivity contribution is 0.0937. The molecule has 5 heteroatoms. The molecule has 2 rings (SSSR count). The van der Waals surface area contributed by atoms with Crippen molar-refractivity contribution in [3.05, 3.63) is 23.4 Å². The van der Waals surface area contributed by atoms with Crippen LogP contribution in [-0.2, 0) is 11.2 Å². The summed E-state index contributed by atoms with van der Waals surface area (Å²) in [4.78, 5) is 16.3. The maximum atomic E-state index is 12.1. The minimum Gasteiger partial charge on any atom is -0.384 e. The van der Waals surface area contributed by atoms with Gasteiger partial charge in [0.25, 0.3) is 5.91 Å². The molecule has 0 spiro atoms. The second-order valence-corrected chi connectivity index (χ2v) is 5.65. The van der Waals surface area contributed by atoms with Crippen molar-refractivity contribution < 1.29 is 9.53 Å². The Morgan fingerprint density at radius 3 is 3.00 bits per heavy atom. The summed E-state index contributed by atoms with van der Waals surface area (Å²) in [5.74, 6) is 1.10. The standard InChI is InChI=1S/C16H25N3O2/c1-2-4-14-9-13(10-15(17)19-14)16(20)18-7-3-8-21-11-12-5-6-12/h9-10,12H,2-8,11H2,1H3,(H2,17,19)(H,18,20). The van der Waals surface area contributed by atoms with Crippen molar-refractivity contribution in [2.45, 2.75) is 39.0 Å². The Labute approximate surface area is 126 Å². The fourth-order valence-corrected chi connectivity index (χ4v) is 2.14. The highest BCUT2D eigenvalue weighted by Gasteiger charge is 2.20. The number of anilines is 1. The van der Waals surface area contributed by atoms with Crippen molar-refractivity contribution in [3.8, 4) is 0 Å². The van der Waals surface area contributed by atoms with Gasteiger partial charge in [0.05, 0.1) is 0 Å². The molecule has 1 heterocycles. The van der Waals surface area contributed by atoms with E-state index in [1.165, 1.54) is 12.8 Å². The normalized spacial score (nSPS) is 14.1. The third-order valence-electron chi connectivity index (χ3n) is 3.47. The number of ether oxygens (including phenoxy) is 1. The summed E-state index contributed by atoms with van der Waals surface area (Å²) < 4.78 is 5.53. The molecule has 0 atom stereocenters. The molecule has 1 aromatic rings. The van der Waals surface area contributed by atoms with E-state index in [1.807, 2.05) is 6.07 Å². The van der Waals surface area contributed by atoms with E-state index < -0.39 is 0 Å². The summed E-state index contributed by atoms with van der Waals surface area (Å²) in [5.41, 5.74) is 7.20. The van der Waals surface area contributed by atoms with Crippen LogP contribution in [0.25, 0.3) is 0 Å². The predicted octanol–water partition coefficient (Wildman–Crippen LogP) is 2.16. The Balaban J connectivity index is 1.71. The average Bonchev–Trinajstić information content (AvgIpc) is 3.26. The largest absolute Gasteiger partial charge is 0.384 e. The monoisotopic (exact) mass is 291 g/mol. The molecular weight excluding hydrogens is 266 g/mol. The lowest BCUT2D eigenvalue weighted by Crippen LogP contribution is -2.25. The highest BCUT2D eigenvalue weighted by molar-refractivity contribution is 5.94. The van der Waals surface area contributed by atoms with Gasteiger partial charge in [-0.2, -0.15) is 0 Å². The number of hydrogen-bond donors (Lipinski definition) is 2. The zero-order valence-corrected chi connectivity index (χ0v) is 12.7. The third-order valence-corrected chi connectivity index (χ3v) is 3.47. The van der Waals surface area contributed by atoms with Gasteiger partial charge in [-0.15, -0.1) is 0 Å². The van der Waals surface area contributed by atoms with Crippen molar-refractivity contribution in [1.82, 2.24) is 10.3 Å². The van der Waals surface area contributed by atoms with Gasteiger partial charge in [-0.1, -0.05) is 13.3 Å². The van der Waals surface area contributed by atoms with Crippen molar-refractivity contribution >= 4 is 11.7 Å². The molecule has 1 aliphatic carbocycles. The maximum Gasteiger partial charge on any atom is 0.251 e. The smallest absolute Gasteiger partial charge is 0.251 e. The molecule has 1 saturated carbocycles. The Morgan fingerprint density at radius 1 is 1.48 bits per heavy atom. The Bertz CT molecular complexity index is 473. The summed E-state index contributed by atoms with van der Waals surface area (Å²) in [6, 6.07) is 3.44. The number of amides is 1. The van der Waals surface area contributed by atoms with E-state index in [0.717, 1.165) is 37.5 Å². The molecule has 1 aliphatic rings. The Hall–Kier alpha value is -1.62. The summed E-state index contributed by atoms with van der Waals surface area (Å²) in [5, 5.41) is 2.90. The lowest BCUT2D eigenvalue weighted by atomic mass is 10.1. The summed E-state index contributed by atoms with van der Waals surface area (Å²) in [6.07, 6.45) is 5.26. The molecule has 0 radical (unpaired) electrons. The van der Waals surface area contributed by atoms with Crippen LogP contribution in [0.15, 0.2) is 12.1 Å². The fraction of sp³-hybridized carbons (Fsp3) is 0.625. The number of nitrogens with one attached hydrogen (secondary N) is 1. The van der Waals surface area contributed by atoms with Crippen LogP contribution < -0.4 is 11.1 Å². The number of aryl methyl sites for hydroxylation is 1. The van der Waals surface area contributed by atoms with Crippen molar-refractivity contribution in [2.75, 3.05) is 25.5 Å². The number of nitrogens with zero attached hydrogens (tertiary/aromatic N) is 1. The molecule has 0 aliphatic heterocycles. The first-order chi connectivity index (χ1) is 10.2. The number of hydrogen-bond acceptors (Lipinski definition) is 4. The van der Waals surface area contributed by atoms with Crippen LogP contribution in [0.4, 0.5) is 5.82 Å². The van der Waals surface area contributed by atoms with Gasteiger partial charge >= 0.3 is 0 Å². The first-order valence-electron chi connectivity index (χ1n) is 7.81. The van der Waals surface area contributed by atoms with Gasteiger partial charge in [0.1, 0.15) is 5.82 Å². The van der Waals surface area contributed by atoms with Gasteiger partial charge in [0.15, 0.2) is 0 Å². The van der Waals surface area contributed by atoms with Crippen LogP contribution in [-0.4, -0.2) is 30.6 Å². The van der Waals surface area contributed by atoms with E-state index in [0.29, 0.717) is 24.5 Å². The van der Waals surface area contributed by atoms with Gasteiger partial charge in [0, 0.05) is 31.0 Å². The van der Waals surface area contributed by atoms with Crippen LogP contribution >= 0.6 is 0 Å². The molecule has 1 aromatic heterocycles. The van der Waals surface area contributed by atoms with Crippen LogP contribution in [0.5, 0.6) is 0 Å². The third kappa shape index (κ3) is 5.71. The number of rotatable bonds is 9. The van der Waals surface area contributed by atoms with Gasteiger partial charge in [-0.25, -0.2) is 4.98 Å². The number of carbonyl (C=O) groups is 1. The second kappa shape index (κ2) is 7.98. The molecule has 116 valence electrons. The number of carbonyl (C=O) groups excluding carboxylic acids is 1. The molecule has 0 saturated heterocycles. The Morgan fingerprint density at radius 2 is 2.29 bits per heavy atom. The zero-order chi connectivity index (χ0) is 15.1. The average molecular weight is 291 g/mol. The van der Waals surface area contributed by atoms with Crippen molar-refractivity contribution in [3.63, 3.8) is 0 Å². The maximum absolute atomic E-state index is 12.1.